The zero-order chi connectivity index (χ0) is 11.4. The molecule has 1 aliphatic rings. The summed E-state index contributed by atoms with van der Waals surface area (Å²) in [6.07, 6.45) is 1.31. The maximum atomic E-state index is 13.8. The smallest absolute Gasteiger partial charge is 0.124 e. The molecule has 0 saturated carbocycles. The highest BCUT2D eigenvalue weighted by molar-refractivity contribution is 4.98. The summed E-state index contributed by atoms with van der Waals surface area (Å²) in [6.45, 7) is 12.9. The second-order valence-corrected chi connectivity index (χ2v) is 5.01. The molecule has 1 saturated heterocycles. The minimum Gasteiger partial charge on any atom is -0.310 e. The van der Waals surface area contributed by atoms with Crippen molar-refractivity contribution in [3.8, 4) is 0 Å². The number of hydrogen-bond donors (Lipinski definition) is 1. The number of nitrogens with one attached hydrogen (secondary N) is 1. The van der Waals surface area contributed by atoms with Gasteiger partial charge in [0, 0.05) is 12.6 Å². The average Bonchev–Trinajstić information content (AvgIpc) is 2.52. The van der Waals surface area contributed by atoms with Crippen LogP contribution in [0.25, 0.3) is 0 Å². The fraction of sp³-hybridized carbons (Fsp3) is 1.00. The molecule has 0 aromatic heterocycles. The number of halogens is 1. The largest absolute Gasteiger partial charge is 0.310 e. The Bertz CT molecular complexity index is 162. The van der Waals surface area contributed by atoms with Gasteiger partial charge in [-0.3, -0.25) is 0 Å². The Balaban J connectivity index is 0.000000791. The SMILES string of the molecule is CC.CCC1(F)CNC(C(C)(C)C)C1. The molecule has 0 radical (unpaired) electrons. The van der Waals surface area contributed by atoms with Crippen LogP contribution < -0.4 is 5.32 Å². The molecule has 0 aromatic rings. The van der Waals surface area contributed by atoms with Gasteiger partial charge in [-0.15, -0.1) is 0 Å². The van der Waals surface area contributed by atoms with Gasteiger partial charge in [0.1, 0.15) is 5.67 Å². The van der Waals surface area contributed by atoms with E-state index in [0.29, 0.717) is 25.4 Å². The van der Waals surface area contributed by atoms with Crippen molar-refractivity contribution in [2.75, 3.05) is 6.54 Å². The number of hydrogen-bond acceptors (Lipinski definition) is 1. The molecule has 1 nitrogen and oxygen atoms in total. The zero-order valence-corrected chi connectivity index (χ0v) is 10.6. The van der Waals surface area contributed by atoms with Crippen molar-refractivity contribution in [3.63, 3.8) is 0 Å². The molecule has 14 heavy (non-hydrogen) atoms. The van der Waals surface area contributed by atoms with Crippen LogP contribution >= 0.6 is 0 Å². The van der Waals surface area contributed by atoms with Crippen LogP contribution in [0, 0.1) is 5.41 Å². The Morgan fingerprint density at radius 3 is 2.07 bits per heavy atom. The van der Waals surface area contributed by atoms with Crippen LogP contribution in [0.4, 0.5) is 4.39 Å². The monoisotopic (exact) mass is 203 g/mol. The fourth-order valence-corrected chi connectivity index (χ4v) is 1.70. The maximum Gasteiger partial charge on any atom is 0.124 e. The van der Waals surface area contributed by atoms with Gasteiger partial charge in [0.15, 0.2) is 0 Å². The Morgan fingerprint density at radius 2 is 1.86 bits per heavy atom. The van der Waals surface area contributed by atoms with Crippen LogP contribution in [0.3, 0.4) is 0 Å². The average molecular weight is 203 g/mol. The van der Waals surface area contributed by atoms with Gasteiger partial charge in [0.05, 0.1) is 0 Å². The van der Waals surface area contributed by atoms with Crippen molar-refractivity contribution in [1.29, 1.82) is 0 Å². The summed E-state index contributed by atoms with van der Waals surface area (Å²) in [5.41, 5.74) is -0.763. The normalized spacial score (nSPS) is 32.4. The molecular formula is C12H26FN. The lowest BCUT2D eigenvalue weighted by Gasteiger charge is -2.27. The highest BCUT2D eigenvalue weighted by atomic mass is 19.1. The van der Waals surface area contributed by atoms with Crippen molar-refractivity contribution in [2.24, 2.45) is 5.41 Å². The molecule has 0 spiro atoms. The molecule has 2 atom stereocenters. The van der Waals surface area contributed by atoms with Gasteiger partial charge in [-0.2, -0.15) is 0 Å². The first-order valence-electron chi connectivity index (χ1n) is 5.80. The predicted octanol–water partition coefficient (Wildman–Crippen LogP) is 3.54. The van der Waals surface area contributed by atoms with Gasteiger partial charge in [-0.25, -0.2) is 4.39 Å². The number of rotatable bonds is 1. The van der Waals surface area contributed by atoms with E-state index in [1.165, 1.54) is 0 Å². The lowest BCUT2D eigenvalue weighted by atomic mass is 9.83. The summed E-state index contributed by atoms with van der Waals surface area (Å²) in [5, 5.41) is 3.26. The molecule has 0 bridgehead atoms. The van der Waals surface area contributed by atoms with E-state index in [2.05, 4.69) is 26.1 Å². The van der Waals surface area contributed by atoms with Gasteiger partial charge in [-0.05, 0) is 18.3 Å². The molecule has 0 amide bonds. The molecule has 1 aliphatic heterocycles. The molecule has 1 N–H and O–H groups in total. The van der Waals surface area contributed by atoms with Crippen molar-refractivity contribution in [2.45, 2.75) is 66.1 Å². The Labute approximate surface area is 88.5 Å². The maximum absolute atomic E-state index is 13.8. The molecule has 1 heterocycles. The van der Waals surface area contributed by atoms with E-state index in [9.17, 15) is 4.39 Å². The van der Waals surface area contributed by atoms with Gasteiger partial charge in [0.25, 0.3) is 0 Å². The van der Waals surface area contributed by atoms with Crippen LogP contribution in [0.2, 0.25) is 0 Å². The summed E-state index contributed by atoms with van der Waals surface area (Å²) in [7, 11) is 0. The lowest BCUT2D eigenvalue weighted by Crippen LogP contribution is -2.34. The van der Waals surface area contributed by atoms with E-state index < -0.39 is 5.67 Å². The minimum absolute atomic E-state index is 0.184. The third-order valence-electron chi connectivity index (χ3n) is 2.91. The first kappa shape index (κ1) is 13.9. The molecule has 1 rings (SSSR count). The van der Waals surface area contributed by atoms with Crippen LogP contribution in [0.5, 0.6) is 0 Å². The summed E-state index contributed by atoms with van der Waals surface area (Å²) >= 11 is 0. The lowest BCUT2D eigenvalue weighted by molar-refractivity contribution is 0.168. The quantitative estimate of drug-likeness (QED) is 0.687. The van der Waals surface area contributed by atoms with Gasteiger partial charge >= 0.3 is 0 Å². The number of alkyl halides is 1. The first-order chi connectivity index (χ1) is 6.37. The molecule has 86 valence electrons. The Hall–Kier alpha value is -0.110. The summed E-state index contributed by atoms with van der Waals surface area (Å²) in [6, 6.07) is 0.336. The van der Waals surface area contributed by atoms with Gasteiger partial charge in [-0.1, -0.05) is 41.5 Å². The highest BCUT2D eigenvalue weighted by Crippen LogP contribution is 2.34. The molecule has 0 aromatic carbocycles. The van der Waals surface area contributed by atoms with E-state index in [1.807, 2.05) is 20.8 Å². The summed E-state index contributed by atoms with van der Waals surface area (Å²) in [5.74, 6) is 0. The van der Waals surface area contributed by atoms with Crippen LogP contribution in [-0.4, -0.2) is 18.3 Å². The second-order valence-electron chi connectivity index (χ2n) is 5.01. The Kier molecular flexibility index (Phi) is 5.07. The van der Waals surface area contributed by atoms with Crippen LogP contribution in [0.1, 0.15) is 54.4 Å². The topological polar surface area (TPSA) is 12.0 Å². The molecule has 2 heteroatoms. The molecular weight excluding hydrogens is 177 g/mol. The predicted molar refractivity (Wildman–Crippen MR) is 61.3 cm³/mol. The van der Waals surface area contributed by atoms with Crippen molar-refractivity contribution < 1.29 is 4.39 Å². The van der Waals surface area contributed by atoms with E-state index in [-0.39, 0.29) is 5.41 Å². The zero-order valence-electron chi connectivity index (χ0n) is 10.6. The molecule has 2 unspecified atom stereocenters. The van der Waals surface area contributed by atoms with E-state index in [4.69, 9.17) is 0 Å². The van der Waals surface area contributed by atoms with Crippen molar-refractivity contribution in [3.05, 3.63) is 0 Å². The first-order valence-corrected chi connectivity index (χ1v) is 5.80. The fourth-order valence-electron chi connectivity index (χ4n) is 1.70. The van der Waals surface area contributed by atoms with Gasteiger partial charge < -0.3 is 5.32 Å². The highest BCUT2D eigenvalue weighted by Gasteiger charge is 2.41. The molecule has 1 fully saturated rings. The van der Waals surface area contributed by atoms with Crippen molar-refractivity contribution >= 4 is 0 Å². The van der Waals surface area contributed by atoms with Crippen LogP contribution in [-0.2, 0) is 0 Å². The summed E-state index contributed by atoms with van der Waals surface area (Å²) < 4.78 is 13.8. The Morgan fingerprint density at radius 1 is 1.36 bits per heavy atom. The summed E-state index contributed by atoms with van der Waals surface area (Å²) in [4.78, 5) is 0. The van der Waals surface area contributed by atoms with E-state index in [0.717, 1.165) is 0 Å². The van der Waals surface area contributed by atoms with Gasteiger partial charge in [0.2, 0.25) is 0 Å². The van der Waals surface area contributed by atoms with E-state index in [1.54, 1.807) is 0 Å². The second kappa shape index (κ2) is 5.11. The third-order valence-corrected chi connectivity index (χ3v) is 2.91. The standard InChI is InChI=1S/C10H20FN.C2H6/c1-5-10(11)6-8(12-7-10)9(2,3)4;1-2/h8,12H,5-7H2,1-4H3;1-2H3. The molecule has 0 aliphatic carbocycles. The third kappa shape index (κ3) is 3.56. The van der Waals surface area contributed by atoms with Crippen molar-refractivity contribution in [1.82, 2.24) is 5.32 Å². The van der Waals surface area contributed by atoms with E-state index >= 15 is 0 Å². The minimum atomic E-state index is -0.946. The van der Waals surface area contributed by atoms with Crippen LogP contribution in [0.15, 0.2) is 0 Å².